The molecule has 3 aromatic rings. The minimum atomic E-state index is -0.337. The number of carbonyl (C=O) groups is 1. The highest BCUT2D eigenvalue weighted by atomic mass is 16.2. The molecule has 4 heterocycles. The van der Waals surface area contributed by atoms with E-state index in [9.17, 15) is 9.59 Å². The second-order valence-electron chi connectivity index (χ2n) is 6.25. The molecule has 8 nitrogen and oxygen atoms in total. The quantitative estimate of drug-likeness (QED) is 0.678. The van der Waals surface area contributed by atoms with Crippen LogP contribution < -0.4 is 10.5 Å². The molecular weight excluding hydrogens is 332 g/mol. The first-order valence-electron chi connectivity index (χ1n) is 8.42. The largest absolute Gasteiger partial charge is 0.352 e. The van der Waals surface area contributed by atoms with Gasteiger partial charge in [0, 0.05) is 51.0 Å². The highest BCUT2D eigenvalue weighted by molar-refractivity contribution is 5.94. The van der Waals surface area contributed by atoms with E-state index in [0.29, 0.717) is 31.8 Å². The van der Waals surface area contributed by atoms with Crippen molar-refractivity contribution in [2.24, 2.45) is 0 Å². The topological polar surface area (TPSA) is 83.7 Å². The van der Waals surface area contributed by atoms with Crippen molar-refractivity contribution in [2.75, 3.05) is 31.1 Å². The van der Waals surface area contributed by atoms with Gasteiger partial charge in [-0.2, -0.15) is 0 Å². The van der Waals surface area contributed by atoms with Gasteiger partial charge in [-0.1, -0.05) is 0 Å². The minimum absolute atomic E-state index is 0.0966. The van der Waals surface area contributed by atoms with Gasteiger partial charge in [0.05, 0.1) is 6.20 Å². The maximum absolute atomic E-state index is 12.8. The summed E-state index contributed by atoms with van der Waals surface area (Å²) in [6, 6.07) is 3.64. The number of hydrogen-bond donors (Lipinski definition) is 0. The van der Waals surface area contributed by atoms with Crippen molar-refractivity contribution in [2.45, 2.75) is 6.92 Å². The van der Waals surface area contributed by atoms with E-state index in [0.717, 1.165) is 11.4 Å². The number of aromatic nitrogens is 4. The van der Waals surface area contributed by atoms with Crippen LogP contribution in [0.25, 0.3) is 5.65 Å². The molecule has 0 N–H and O–H groups in total. The lowest BCUT2D eigenvalue weighted by Crippen LogP contribution is -2.50. The predicted octanol–water partition coefficient (Wildman–Crippen LogP) is 0.755. The van der Waals surface area contributed by atoms with Crippen molar-refractivity contribution in [3.8, 4) is 0 Å². The highest BCUT2D eigenvalue weighted by Gasteiger charge is 2.25. The average Bonchev–Trinajstić information content (AvgIpc) is 2.68. The first kappa shape index (κ1) is 16.2. The maximum atomic E-state index is 12.8. The number of aryl methyl sites for hydroxylation is 1. The molecule has 8 heteroatoms. The Bertz CT molecular complexity index is 1010. The molecule has 4 rings (SSSR count). The molecule has 0 unspecified atom stereocenters. The molecule has 1 aliphatic heterocycles. The lowest BCUT2D eigenvalue weighted by Gasteiger charge is -2.35. The number of nitrogens with zero attached hydrogens (tertiary/aromatic N) is 6. The number of fused-ring (bicyclic) bond motifs is 1. The molecule has 3 aromatic heterocycles. The van der Waals surface area contributed by atoms with E-state index in [4.69, 9.17) is 0 Å². The van der Waals surface area contributed by atoms with Crippen molar-refractivity contribution in [3.05, 3.63) is 64.6 Å². The highest BCUT2D eigenvalue weighted by Crippen LogP contribution is 2.13. The molecule has 1 aliphatic rings. The number of pyridine rings is 1. The van der Waals surface area contributed by atoms with Crippen molar-refractivity contribution in [3.63, 3.8) is 0 Å². The number of amides is 1. The summed E-state index contributed by atoms with van der Waals surface area (Å²) in [4.78, 5) is 41.8. The van der Waals surface area contributed by atoms with Gasteiger partial charge in [-0.05, 0) is 24.6 Å². The molecule has 0 saturated carbocycles. The number of rotatable bonds is 2. The third-order valence-electron chi connectivity index (χ3n) is 4.54. The van der Waals surface area contributed by atoms with Crippen LogP contribution in [0.1, 0.15) is 15.9 Å². The normalized spacial score (nSPS) is 14.7. The van der Waals surface area contributed by atoms with Gasteiger partial charge in [-0.15, -0.1) is 0 Å². The fourth-order valence-electron chi connectivity index (χ4n) is 3.09. The Morgan fingerprint density at radius 2 is 1.88 bits per heavy atom. The second kappa shape index (κ2) is 6.55. The van der Waals surface area contributed by atoms with Gasteiger partial charge < -0.3 is 9.80 Å². The molecule has 0 bridgehead atoms. The van der Waals surface area contributed by atoms with E-state index in [1.165, 1.54) is 10.6 Å². The van der Waals surface area contributed by atoms with Crippen LogP contribution >= 0.6 is 0 Å². The predicted molar refractivity (Wildman–Crippen MR) is 96.3 cm³/mol. The van der Waals surface area contributed by atoms with Crippen molar-refractivity contribution < 1.29 is 4.79 Å². The fraction of sp³-hybridized carbons (Fsp3) is 0.278. The molecule has 0 atom stereocenters. The number of anilines is 1. The smallest absolute Gasteiger partial charge is 0.270 e. The van der Waals surface area contributed by atoms with Gasteiger partial charge in [-0.25, -0.2) is 9.97 Å². The zero-order valence-electron chi connectivity index (χ0n) is 14.4. The molecule has 0 aromatic carbocycles. The molecule has 0 radical (unpaired) electrons. The van der Waals surface area contributed by atoms with E-state index in [-0.39, 0.29) is 17.0 Å². The van der Waals surface area contributed by atoms with Gasteiger partial charge in [0.15, 0.2) is 0 Å². The van der Waals surface area contributed by atoms with Crippen LogP contribution in [0.4, 0.5) is 5.82 Å². The van der Waals surface area contributed by atoms with Crippen LogP contribution in [0.2, 0.25) is 0 Å². The van der Waals surface area contributed by atoms with Crippen LogP contribution in [0.3, 0.4) is 0 Å². The minimum Gasteiger partial charge on any atom is -0.352 e. The van der Waals surface area contributed by atoms with E-state index in [2.05, 4.69) is 19.9 Å². The summed E-state index contributed by atoms with van der Waals surface area (Å²) in [5, 5.41) is 0. The van der Waals surface area contributed by atoms with Crippen molar-refractivity contribution in [1.82, 2.24) is 24.3 Å². The zero-order chi connectivity index (χ0) is 18.1. The summed E-state index contributed by atoms with van der Waals surface area (Å²) in [7, 11) is 0. The first-order chi connectivity index (χ1) is 12.6. The lowest BCUT2D eigenvalue weighted by molar-refractivity contribution is 0.0744. The van der Waals surface area contributed by atoms with Crippen LogP contribution in [0.15, 0.2) is 47.9 Å². The van der Waals surface area contributed by atoms with E-state index >= 15 is 0 Å². The Hall–Kier alpha value is -3.29. The Morgan fingerprint density at radius 1 is 1.08 bits per heavy atom. The monoisotopic (exact) mass is 350 g/mol. The van der Waals surface area contributed by atoms with Crippen molar-refractivity contribution >= 4 is 17.4 Å². The summed E-state index contributed by atoms with van der Waals surface area (Å²) in [5.74, 6) is 0.513. The number of carbonyl (C=O) groups excluding carboxylic acids is 1. The van der Waals surface area contributed by atoms with Crippen LogP contribution in [-0.4, -0.2) is 56.3 Å². The summed E-state index contributed by atoms with van der Waals surface area (Å²) >= 11 is 0. The molecule has 132 valence electrons. The maximum Gasteiger partial charge on any atom is 0.270 e. The van der Waals surface area contributed by atoms with Crippen LogP contribution in [-0.2, 0) is 0 Å². The molecule has 0 aliphatic carbocycles. The third-order valence-corrected chi connectivity index (χ3v) is 4.54. The second-order valence-corrected chi connectivity index (χ2v) is 6.25. The lowest BCUT2D eigenvalue weighted by atomic mass is 10.2. The Kier molecular flexibility index (Phi) is 4.08. The Balaban J connectivity index is 1.54. The molecule has 1 fully saturated rings. The van der Waals surface area contributed by atoms with Gasteiger partial charge in [-0.3, -0.25) is 19.0 Å². The van der Waals surface area contributed by atoms with Gasteiger partial charge in [0.2, 0.25) is 0 Å². The summed E-state index contributed by atoms with van der Waals surface area (Å²) in [6.45, 7) is 4.26. The average molecular weight is 350 g/mol. The first-order valence-corrected chi connectivity index (χ1v) is 8.42. The standard InChI is InChI=1S/C18H18N6O2/c1-13-2-5-24-15(10-13)21-11-14(18(24)26)17(25)23-8-6-22(7-9-23)16-12-19-3-4-20-16/h2-5,10-12H,6-9H2,1H3. The summed E-state index contributed by atoms with van der Waals surface area (Å²) in [6.07, 6.45) is 8.03. The van der Waals surface area contributed by atoms with Crippen LogP contribution in [0, 0.1) is 6.92 Å². The van der Waals surface area contributed by atoms with Crippen LogP contribution in [0.5, 0.6) is 0 Å². The molecule has 1 saturated heterocycles. The Morgan fingerprint density at radius 3 is 2.62 bits per heavy atom. The number of piperazine rings is 1. The third kappa shape index (κ3) is 2.90. The van der Waals surface area contributed by atoms with Crippen molar-refractivity contribution in [1.29, 1.82) is 0 Å². The molecule has 26 heavy (non-hydrogen) atoms. The molecular formula is C18H18N6O2. The van der Waals surface area contributed by atoms with Gasteiger partial charge in [0.25, 0.3) is 11.5 Å². The molecule has 0 spiro atoms. The fourth-order valence-corrected chi connectivity index (χ4v) is 3.09. The SMILES string of the molecule is Cc1ccn2c(=O)c(C(=O)N3CCN(c4cnccn4)CC3)cnc2c1. The summed E-state index contributed by atoms with van der Waals surface area (Å²) < 4.78 is 1.41. The summed E-state index contributed by atoms with van der Waals surface area (Å²) in [5.41, 5.74) is 1.31. The Labute approximate surface area is 149 Å². The molecule has 1 amide bonds. The van der Waals surface area contributed by atoms with E-state index in [1.807, 2.05) is 19.1 Å². The van der Waals surface area contributed by atoms with Gasteiger partial charge in [0.1, 0.15) is 17.0 Å². The zero-order valence-corrected chi connectivity index (χ0v) is 14.4. The number of hydrogen-bond acceptors (Lipinski definition) is 6. The van der Waals surface area contributed by atoms with E-state index in [1.54, 1.807) is 29.7 Å². The van der Waals surface area contributed by atoms with Gasteiger partial charge >= 0.3 is 0 Å². The van der Waals surface area contributed by atoms with E-state index < -0.39 is 0 Å².